The van der Waals surface area contributed by atoms with Crippen molar-refractivity contribution in [1.29, 1.82) is 0 Å². The van der Waals surface area contributed by atoms with Gasteiger partial charge in [-0.25, -0.2) is 4.39 Å². The fourth-order valence-corrected chi connectivity index (χ4v) is 3.19. The average Bonchev–Trinajstić information content (AvgIpc) is 3.27. The Morgan fingerprint density at radius 3 is 3.04 bits per heavy atom. The highest BCUT2D eigenvalue weighted by Gasteiger charge is 2.23. The number of hydrogen-bond acceptors (Lipinski definition) is 5. The molecule has 1 aromatic carbocycles. The van der Waals surface area contributed by atoms with Crippen molar-refractivity contribution in [3.05, 3.63) is 41.9 Å². The van der Waals surface area contributed by atoms with Gasteiger partial charge < -0.3 is 19.6 Å². The van der Waals surface area contributed by atoms with Gasteiger partial charge in [0.1, 0.15) is 11.5 Å². The molecular formula is C19H25FN4O2. The Balaban J connectivity index is 1.43. The van der Waals surface area contributed by atoms with Crippen molar-refractivity contribution in [1.82, 2.24) is 20.3 Å². The Morgan fingerprint density at radius 2 is 2.31 bits per heavy atom. The molecule has 1 aromatic heterocycles. The molecule has 1 aliphatic rings. The van der Waals surface area contributed by atoms with Crippen molar-refractivity contribution in [2.24, 2.45) is 0 Å². The van der Waals surface area contributed by atoms with E-state index in [2.05, 4.69) is 34.4 Å². The van der Waals surface area contributed by atoms with Crippen LogP contribution in [0.1, 0.15) is 18.6 Å². The predicted molar refractivity (Wildman–Crippen MR) is 96.9 cm³/mol. The number of carbonyl (C=O) groups excluding carboxylic acids is 1. The normalized spacial score (nSPS) is 17.8. The van der Waals surface area contributed by atoms with Gasteiger partial charge >= 0.3 is 0 Å². The van der Waals surface area contributed by atoms with Crippen molar-refractivity contribution in [3.63, 3.8) is 0 Å². The van der Waals surface area contributed by atoms with Crippen LogP contribution in [-0.2, 0) is 11.3 Å². The maximum atomic E-state index is 13.3. The standard InChI is InChI=1S/C19H25FN4O2/c1-23-8-6-16(13-23)24(2)9-7-19(25)21-12-17-11-18(22-26-17)14-4-3-5-15(20)10-14/h3-5,10-11,16H,6-9,12-13H2,1-2H3,(H,21,25)/t16-/m0/s1. The second-order valence-corrected chi connectivity index (χ2v) is 6.90. The van der Waals surface area contributed by atoms with E-state index >= 15 is 0 Å². The van der Waals surface area contributed by atoms with Gasteiger partial charge in [0.05, 0.1) is 6.54 Å². The van der Waals surface area contributed by atoms with E-state index in [1.165, 1.54) is 12.1 Å². The Kier molecular flexibility index (Phi) is 6.00. The lowest BCUT2D eigenvalue weighted by atomic mass is 10.1. The molecule has 0 bridgehead atoms. The first-order chi connectivity index (χ1) is 12.5. The molecule has 3 rings (SSSR count). The van der Waals surface area contributed by atoms with Crippen LogP contribution in [0.5, 0.6) is 0 Å². The highest BCUT2D eigenvalue weighted by Crippen LogP contribution is 2.19. The summed E-state index contributed by atoms with van der Waals surface area (Å²) in [4.78, 5) is 16.6. The third-order valence-corrected chi connectivity index (χ3v) is 4.82. The van der Waals surface area contributed by atoms with Gasteiger partial charge in [0.25, 0.3) is 0 Å². The van der Waals surface area contributed by atoms with Crippen molar-refractivity contribution >= 4 is 5.91 Å². The molecule has 7 heteroatoms. The van der Waals surface area contributed by atoms with Crippen LogP contribution >= 0.6 is 0 Å². The molecule has 1 aliphatic heterocycles. The zero-order valence-electron chi connectivity index (χ0n) is 15.2. The van der Waals surface area contributed by atoms with Crippen LogP contribution in [0.15, 0.2) is 34.9 Å². The Bertz CT molecular complexity index is 749. The van der Waals surface area contributed by atoms with Crippen molar-refractivity contribution in [2.75, 3.05) is 33.7 Å². The summed E-state index contributed by atoms with van der Waals surface area (Å²) < 4.78 is 18.5. The van der Waals surface area contributed by atoms with Gasteiger partial charge in [-0.2, -0.15) is 0 Å². The van der Waals surface area contributed by atoms with E-state index < -0.39 is 0 Å². The van der Waals surface area contributed by atoms with E-state index in [4.69, 9.17) is 4.52 Å². The van der Waals surface area contributed by atoms with Crippen LogP contribution < -0.4 is 5.32 Å². The third-order valence-electron chi connectivity index (χ3n) is 4.82. The molecule has 2 aromatic rings. The fourth-order valence-electron chi connectivity index (χ4n) is 3.19. The van der Waals surface area contributed by atoms with Crippen LogP contribution in [0, 0.1) is 5.82 Å². The lowest BCUT2D eigenvalue weighted by molar-refractivity contribution is -0.121. The van der Waals surface area contributed by atoms with E-state index in [1.54, 1.807) is 18.2 Å². The Labute approximate surface area is 152 Å². The van der Waals surface area contributed by atoms with Crippen molar-refractivity contribution in [2.45, 2.75) is 25.4 Å². The van der Waals surface area contributed by atoms with E-state index in [1.807, 2.05) is 0 Å². The molecule has 26 heavy (non-hydrogen) atoms. The maximum Gasteiger partial charge on any atom is 0.221 e. The summed E-state index contributed by atoms with van der Waals surface area (Å²) in [5.41, 5.74) is 1.20. The van der Waals surface area contributed by atoms with Crippen molar-refractivity contribution < 1.29 is 13.7 Å². The van der Waals surface area contributed by atoms with Gasteiger partial charge in [-0.05, 0) is 39.2 Å². The topological polar surface area (TPSA) is 61.6 Å². The molecule has 1 atom stereocenters. The highest BCUT2D eigenvalue weighted by molar-refractivity contribution is 5.76. The number of nitrogens with one attached hydrogen (secondary N) is 1. The molecule has 0 unspecified atom stereocenters. The van der Waals surface area contributed by atoms with Crippen LogP contribution in [0.25, 0.3) is 11.3 Å². The van der Waals surface area contributed by atoms with E-state index in [-0.39, 0.29) is 18.3 Å². The van der Waals surface area contributed by atoms with Crippen LogP contribution in [0.3, 0.4) is 0 Å². The Hall–Kier alpha value is -2.25. The van der Waals surface area contributed by atoms with Crippen LogP contribution in [0.2, 0.25) is 0 Å². The second kappa shape index (κ2) is 8.42. The molecule has 1 fully saturated rings. The summed E-state index contributed by atoms with van der Waals surface area (Å²) in [6.07, 6.45) is 1.59. The minimum atomic E-state index is -0.321. The van der Waals surface area contributed by atoms with Gasteiger partial charge in [0, 0.05) is 37.2 Å². The zero-order chi connectivity index (χ0) is 18.5. The van der Waals surface area contributed by atoms with Gasteiger partial charge in [-0.3, -0.25) is 4.79 Å². The van der Waals surface area contributed by atoms with Gasteiger partial charge in [-0.15, -0.1) is 0 Å². The molecule has 0 aliphatic carbocycles. The summed E-state index contributed by atoms with van der Waals surface area (Å²) in [7, 11) is 4.19. The lowest BCUT2D eigenvalue weighted by Gasteiger charge is -2.23. The summed E-state index contributed by atoms with van der Waals surface area (Å²) in [6, 6.07) is 8.41. The number of halogens is 1. The number of amides is 1. The molecular weight excluding hydrogens is 335 g/mol. The van der Waals surface area contributed by atoms with Gasteiger partial charge in [0.15, 0.2) is 5.76 Å². The highest BCUT2D eigenvalue weighted by atomic mass is 19.1. The first kappa shape index (κ1) is 18.5. The summed E-state index contributed by atoms with van der Waals surface area (Å²) in [6.45, 7) is 3.17. The summed E-state index contributed by atoms with van der Waals surface area (Å²) in [5.74, 6) is 0.202. The SMILES string of the molecule is CN1CC[C@H](N(C)CCC(=O)NCc2cc(-c3cccc(F)c3)no2)C1. The monoisotopic (exact) mass is 360 g/mol. The third kappa shape index (κ3) is 4.89. The molecule has 0 radical (unpaired) electrons. The molecule has 2 heterocycles. The number of aromatic nitrogens is 1. The van der Waals surface area contributed by atoms with Gasteiger partial charge in [0.2, 0.25) is 5.91 Å². The van der Waals surface area contributed by atoms with Gasteiger partial charge in [-0.1, -0.05) is 17.3 Å². The first-order valence-electron chi connectivity index (χ1n) is 8.88. The minimum absolute atomic E-state index is 0.0214. The lowest BCUT2D eigenvalue weighted by Crippen LogP contribution is -2.36. The Morgan fingerprint density at radius 1 is 1.46 bits per heavy atom. The second-order valence-electron chi connectivity index (χ2n) is 6.90. The molecule has 6 nitrogen and oxygen atoms in total. The smallest absolute Gasteiger partial charge is 0.221 e. The average molecular weight is 360 g/mol. The quantitative estimate of drug-likeness (QED) is 0.820. The molecule has 0 spiro atoms. The summed E-state index contributed by atoms with van der Waals surface area (Å²) >= 11 is 0. The number of benzene rings is 1. The molecule has 1 saturated heterocycles. The molecule has 0 saturated carbocycles. The number of nitrogens with zero attached hydrogens (tertiary/aromatic N) is 3. The molecule has 140 valence electrons. The van der Waals surface area contributed by atoms with Crippen LogP contribution in [0.4, 0.5) is 4.39 Å². The molecule has 1 amide bonds. The number of carbonyl (C=O) groups is 1. The zero-order valence-corrected chi connectivity index (χ0v) is 15.2. The largest absolute Gasteiger partial charge is 0.359 e. The molecule has 1 N–H and O–H groups in total. The maximum absolute atomic E-state index is 13.3. The summed E-state index contributed by atoms with van der Waals surface area (Å²) in [5, 5.41) is 6.78. The first-order valence-corrected chi connectivity index (χ1v) is 8.88. The fraction of sp³-hybridized carbons (Fsp3) is 0.474. The number of rotatable bonds is 7. The van der Waals surface area contributed by atoms with E-state index in [9.17, 15) is 9.18 Å². The predicted octanol–water partition coefficient (Wildman–Crippen LogP) is 2.12. The van der Waals surface area contributed by atoms with Crippen molar-refractivity contribution in [3.8, 4) is 11.3 Å². The van der Waals surface area contributed by atoms with Crippen LogP contribution in [-0.4, -0.2) is 60.6 Å². The minimum Gasteiger partial charge on any atom is -0.359 e. The van der Waals surface area contributed by atoms with E-state index in [0.29, 0.717) is 29.5 Å². The number of likely N-dealkylation sites (tertiary alicyclic amines) is 1. The number of hydrogen-bond donors (Lipinski definition) is 1. The van der Waals surface area contributed by atoms with E-state index in [0.717, 1.165) is 26.1 Å². The number of likely N-dealkylation sites (N-methyl/N-ethyl adjacent to an activating group) is 2.